The molecule has 1 aromatic rings. The molecule has 1 rings (SSSR count). The SMILES string of the molecule is CCCCCCCCC(N)c1cc(C)nn1C. The average Bonchev–Trinajstić information content (AvgIpc) is 2.62. The topological polar surface area (TPSA) is 43.8 Å². The van der Waals surface area contributed by atoms with Crippen LogP contribution in [0.2, 0.25) is 0 Å². The molecular weight excluding hydrogens is 210 g/mol. The van der Waals surface area contributed by atoms with E-state index in [0.29, 0.717) is 0 Å². The minimum atomic E-state index is 0.146. The summed E-state index contributed by atoms with van der Waals surface area (Å²) in [5.41, 5.74) is 8.41. The van der Waals surface area contributed by atoms with Crippen LogP contribution in [-0.2, 0) is 7.05 Å². The zero-order valence-electron chi connectivity index (χ0n) is 11.6. The molecule has 0 fully saturated rings. The van der Waals surface area contributed by atoms with Gasteiger partial charge in [-0.15, -0.1) is 0 Å². The minimum Gasteiger partial charge on any atom is -0.323 e. The number of hydrogen-bond acceptors (Lipinski definition) is 2. The third-order valence-corrected chi connectivity index (χ3v) is 3.29. The van der Waals surface area contributed by atoms with Crippen LogP contribution in [0.4, 0.5) is 0 Å². The van der Waals surface area contributed by atoms with Crippen molar-refractivity contribution in [2.45, 2.75) is 64.8 Å². The van der Waals surface area contributed by atoms with Gasteiger partial charge in [0, 0.05) is 13.1 Å². The van der Waals surface area contributed by atoms with Crippen LogP contribution < -0.4 is 5.73 Å². The molecule has 0 aliphatic heterocycles. The fraction of sp³-hybridized carbons (Fsp3) is 0.786. The summed E-state index contributed by atoms with van der Waals surface area (Å²) in [5, 5.41) is 4.34. The fourth-order valence-corrected chi connectivity index (χ4v) is 2.27. The summed E-state index contributed by atoms with van der Waals surface area (Å²) in [5.74, 6) is 0. The van der Waals surface area contributed by atoms with E-state index < -0.39 is 0 Å². The molecule has 98 valence electrons. The Morgan fingerprint density at radius 3 is 2.47 bits per heavy atom. The van der Waals surface area contributed by atoms with Gasteiger partial charge in [-0.1, -0.05) is 45.4 Å². The van der Waals surface area contributed by atoms with Gasteiger partial charge in [-0.3, -0.25) is 4.68 Å². The second kappa shape index (κ2) is 7.49. The Kier molecular flexibility index (Phi) is 6.27. The van der Waals surface area contributed by atoms with Crippen molar-refractivity contribution in [1.29, 1.82) is 0 Å². The van der Waals surface area contributed by atoms with Gasteiger partial charge >= 0.3 is 0 Å². The van der Waals surface area contributed by atoms with Gasteiger partial charge in [0.25, 0.3) is 0 Å². The van der Waals surface area contributed by atoms with Gasteiger partial charge in [-0.25, -0.2) is 0 Å². The van der Waals surface area contributed by atoms with Crippen LogP contribution in [-0.4, -0.2) is 9.78 Å². The molecule has 17 heavy (non-hydrogen) atoms. The van der Waals surface area contributed by atoms with Crippen molar-refractivity contribution in [3.05, 3.63) is 17.5 Å². The van der Waals surface area contributed by atoms with E-state index in [-0.39, 0.29) is 6.04 Å². The number of rotatable bonds is 8. The summed E-state index contributed by atoms with van der Waals surface area (Å²) >= 11 is 0. The lowest BCUT2D eigenvalue weighted by molar-refractivity contribution is 0.523. The first-order valence-corrected chi connectivity index (χ1v) is 6.91. The predicted molar refractivity (Wildman–Crippen MR) is 72.9 cm³/mol. The van der Waals surface area contributed by atoms with E-state index in [1.807, 2.05) is 18.7 Å². The third kappa shape index (κ3) is 4.90. The van der Waals surface area contributed by atoms with Gasteiger partial charge in [-0.2, -0.15) is 5.10 Å². The zero-order valence-corrected chi connectivity index (χ0v) is 11.6. The smallest absolute Gasteiger partial charge is 0.0597 e. The highest BCUT2D eigenvalue weighted by Crippen LogP contribution is 2.18. The number of unbranched alkanes of at least 4 members (excludes halogenated alkanes) is 5. The van der Waals surface area contributed by atoms with Crippen molar-refractivity contribution in [3.63, 3.8) is 0 Å². The summed E-state index contributed by atoms with van der Waals surface area (Å²) in [6.07, 6.45) is 9.02. The van der Waals surface area contributed by atoms with Gasteiger partial charge in [0.2, 0.25) is 0 Å². The monoisotopic (exact) mass is 237 g/mol. The second-order valence-electron chi connectivity index (χ2n) is 5.00. The van der Waals surface area contributed by atoms with Crippen LogP contribution in [0.25, 0.3) is 0 Å². The molecule has 1 aromatic heterocycles. The van der Waals surface area contributed by atoms with Crippen LogP contribution >= 0.6 is 0 Å². The highest BCUT2D eigenvalue weighted by Gasteiger charge is 2.10. The second-order valence-corrected chi connectivity index (χ2v) is 5.00. The molecule has 0 aromatic carbocycles. The average molecular weight is 237 g/mol. The van der Waals surface area contributed by atoms with Crippen molar-refractivity contribution in [3.8, 4) is 0 Å². The zero-order chi connectivity index (χ0) is 12.7. The molecule has 0 bridgehead atoms. The third-order valence-electron chi connectivity index (χ3n) is 3.29. The van der Waals surface area contributed by atoms with Gasteiger partial charge in [0.1, 0.15) is 0 Å². The summed E-state index contributed by atoms with van der Waals surface area (Å²) in [4.78, 5) is 0. The van der Waals surface area contributed by atoms with Crippen molar-refractivity contribution >= 4 is 0 Å². The molecule has 0 spiro atoms. The first-order chi connectivity index (χ1) is 8.15. The molecule has 2 N–H and O–H groups in total. The van der Waals surface area contributed by atoms with E-state index in [0.717, 1.165) is 17.8 Å². The Bertz CT molecular complexity index is 317. The Hall–Kier alpha value is -0.830. The number of aryl methyl sites for hydroxylation is 2. The van der Waals surface area contributed by atoms with Crippen LogP contribution in [0, 0.1) is 6.92 Å². The summed E-state index contributed by atoms with van der Waals surface area (Å²) in [6, 6.07) is 2.24. The summed E-state index contributed by atoms with van der Waals surface area (Å²) < 4.78 is 1.91. The molecule has 1 atom stereocenters. The molecular formula is C14H27N3. The predicted octanol–water partition coefficient (Wildman–Crippen LogP) is 3.48. The fourth-order valence-electron chi connectivity index (χ4n) is 2.27. The van der Waals surface area contributed by atoms with Crippen molar-refractivity contribution in [2.24, 2.45) is 12.8 Å². The minimum absolute atomic E-state index is 0.146. The number of nitrogens with zero attached hydrogens (tertiary/aromatic N) is 2. The maximum absolute atomic E-state index is 6.19. The van der Waals surface area contributed by atoms with Crippen LogP contribution in [0.3, 0.4) is 0 Å². The Morgan fingerprint density at radius 2 is 1.88 bits per heavy atom. The Labute approximate surface area is 105 Å². The van der Waals surface area contributed by atoms with Crippen LogP contribution in [0.5, 0.6) is 0 Å². The molecule has 1 unspecified atom stereocenters. The summed E-state index contributed by atoms with van der Waals surface area (Å²) in [7, 11) is 1.98. The van der Waals surface area contributed by atoms with E-state index in [2.05, 4.69) is 18.1 Å². The first-order valence-electron chi connectivity index (χ1n) is 6.91. The van der Waals surface area contributed by atoms with Crippen LogP contribution in [0.15, 0.2) is 6.07 Å². The standard InChI is InChI=1S/C14H27N3/c1-4-5-6-7-8-9-10-13(15)14-11-12(2)16-17(14)3/h11,13H,4-10,15H2,1-3H3. The van der Waals surface area contributed by atoms with Gasteiger partial charge < -0.3 is 5.73 Å². The molecule has 3 nitrogen and oxygen atoms in total. The lowest BCUT2D eigenvalue weighted by Crippen LogP contribution is -2.14. The van der Waals surface area contributed by atoms with E-state index >= 15 is 0 Å². The van der Waals surface area contributed by atoms with Crippen LogP contribution in [0.1, 0.15) is 69.3 Å². The molecule has 3 heteroatoms. The Morgan fingerprint density at radius 1 is 1.24 bits per heavy atom. The molecule has 0 aliphatic rings. The molecule has 1 heterocycles. The van der Waals surface area contributed by atoms with Gasteiger partial charge in [-0.05, 0) is 19.4 Å². The van der Waals surface area contributed by atoms with Crippen molar-refractivity contribution < 1.29 is 0 Å². The first kappa shape index (κ1) is 14.2. The quantitative estimate of drug-likeness (QED) is 0.703. The van der Waals surface area contributed by atoms with Crippen molar-refractivity contribution in [1.82, 2.24) is 9.78 Å². The molecule has 0 amide bonds. The maximum atomic E-state index is 6.19. The lowest BCUT2D eigenvalue weighted by atomic mass is 10.0. The highest BCUT2D eigenvalue weighted by molar-refractivity contribution is 5.12. The van der Waals surface area contributed by atoms with E-state index in [9.17, 15) is 0 Å². The Balaban J connectivity index is 2.21. The van der Waals surface area contributed by atoms with Gasteiger partial charge in [0.15, 0.2) is 0 Å². The van der Waals surface area contributed by atoms with Crippen molar-refractivity contribution in [2.75, 3.05) is 0 Å². The molecule has 0 aliphatic carbocycles. The highest BCUT2D eigenvalue weighted by atomic mass is 15.3. The number of nitrogens with two attached hydrogens (primary N) is 1. The van der Waals surface area contributed by atoms with E-state index in [1.165, 1.54) is 38.5 Å². The maximum Gasteiger partial charge on any atom is 0.0597 e. The number of hydrogen-bond donors (Lipinski definition) is 1. The molecule has 0 saturated heterocycles. The molecule has 0 radical (unpaired) electrons. The van der Waals surface area contributed by atoms with Gasteiger partial charge in [0.05, 0.1) is 11.4 Å². The van der Waals surface area contributed by atoms with E-state index in [4.69, 9.17) is 5.73 Å². The largest absolute Gasteiger partial charge is 0.323 e. The van der Waals surface area contributed by atoms with E-state index in [1.54, 1.807) is 0 Å². The normalized spacial score (nSPS) is 12.9. The number of aromatic nitrogens is 2. The molecule has 0 saturated carbocycles. The summed E-state index contributed by atoms with van der Waals surface area (Å²) in [6.45, 7) is 4.27. The lowest BCUT2D eigenvalue weighted by Gasteiger charge is -2.11.